The van der Waals surface area contributed by atoms with Crippen molar-refractivity contribution in [3.05, 3.63) is 35.9 Å². The van der Waals surface area contributed by atoms with Crippen molar-refractivity contribution in [1.82, 2.24) is 20.9 Å². The van der Waals surface area contributed by atoms with Gasteiger partial charge in [0, 0.05) is 7.05 Å². The predicted molar refractivity (Wildman–Crippen MR) is 77.2 cm³/mol. The number of hydrogen-bond donors (Lipinski definition) is 2. The van der Waals surface area contributed by atoms with Crippen LogP contribution < -0.4 is 11.0 Å². The minimum absolute atomic E-state index is 0.0574. The number of hydrazone groups is 1. The molecule has 0 aromatic heterocycles. The van der Waals surface area contributed by atoms with Crippen LogP contribution in [0.3, 0.4) is 0 Å². The van der Waals surface area contributed by atoms with Crippen LogP contribution in [0.25, 0.3) is 0 Å². The Balaban J connectivity index is 1.58. The van der Waals surface area contributed by atoms with Crippen LogP contribution in [0.5, 0.6) is 0 Å². The Kier molecular flexibility index (Phi) is 3.71. The van der Waals surface area contributed by atoms with Gasteiger partial charge in [-0.1, -0.05) is 30.3 Å². The molecule has 2 N–H and O–H groups in total. The second-order valence-electron chi connectivity index (χ2n) is 4.66. The molecule has 9 nitrogen and oxygen atoms in total. The maximum Gasteiger partial charge on any atom is 0.346 e. The topological polar surface area (TPSA) is 98.6 Å². The second-order valence-corrected chi connectivity index (χ2v) is 4.66. The highest BCUT2D eigenvalue weighted by Gasteiger charge is 2.37. The van der Waals surface area contributed by atoms with Gasteiger partial charge in [0.1, 0.15) is 6.67 Å². The van der Waals surface area contributed by atoms with Crippen molar-refractivity contribution in [3.8, 4) is 0 Å². The van der Waals surface area contributed by atoms with E-state index in [1.165, 1.54) is 17.0 Å². The molecule has 2 heterocycles. The van der Waals surface area contributed by atoms with Gasteiger partial charge >= 0.3 is 6.03 Å². The summed E-state index contributed by atoms with van der Waals surface area (Å²) in [6, 6.07) is 9.08. The fourth-order valence-electron chi connectivity index (χ4n) is 2.00. The second kappa shape index (κ2) is 5.82. The monoisotopic (exact) mass is 302 g/mol. The van der Waals surface area contributed by atoms with Gasteiger partial charge in [0.05, 0.1) is 6.61 Å². The van der Waals surface area contributed by atoms with Crippen molar-refractivity contribution < 1.29 is 14.4 Å². The third-order valence-electron chi connectivity index (χ3n) is 3.12. The Morgan fingerprint density at radius 2 is 2.18 bits per heavy atom. The number of urea groups is 1. The number of nitrogens with one attached hydrogen (secondary N) is 2. The van der Waals surface area contributed by atoms with E-state index in [-0.39, 0.29) is 30.9 Å². The standard InChI is InChI=1S/C13H14N6O3/c1-18-13(21)19-8-14-10(11(19)15-17-18)12(20)16-22-7-9-5-3-2-4-6-9/h2-6,17H,7-8H2,1H3,(H,16,20). The zero-order valence-corrected chi connectivity index (χ0v) is 11.8. The summed E-state index contributed by atoms with van der Waals surface area (Å²) in [7, 11) is 1.53. The first kappa shape index (κ1) is 14.0. The maximum absolute atomic E-state index is 12.1. The molecule has 0 bridgehead atoms. The minimum Gasteiger partial charge on any atom is -0.269 e. The molecule has 0 radical (unpaired) electrons. The summed E-state index contributed by atoms with van der Waals surface area (Å²) in [4.78, 5) is 34.4. The van der Waals surface area contributed by atoms with Gasteiger partial charge in [-0.2, -0.15) is 0 Å². The SMILES string of the molecule is CN1NN=C2C(C(=O)NOCc3ccccc3)=NCN2C1=O. The fourth-order valence-corrected chi connectivity index (χ4v) is 2.00. The van der Waals surface area contributed by atoms with Gasteiger partial charge in [0.2, 0.25) is 0 Å². The van der Waals surface area contributed by atoms with Crippen molar-refractivity contribution in [2.45, 2.75) is 6.61 Å². The van der Waals surface area contributed by atoms with Gasteiger partial charge in [0.25, 0.3) is 5.91 Å². The third-order valence-corrected chi connectivity index (χ3v) is 3.12. The highest BCUT2D eigenvalue weighted by atomic mass is 16.6. The smallest absolute Gasteiger partial charge is 0.269 e. The number of carbonyl (C=O) groups excluding carboxylic acids is 2. The van der Waals surface area contributed by atoms with Crippen molar-refractivity contribution in [1.29, 1.82) is 0 Å². The Morgan fingerprint density at radius 3 is 2.95 bits per heavy atom. The summed E-state index contributed by atoms with van der Waals surface area (Å²) in [6.07, 6.45) is 0. The first-order valence-electron chi connectivity index (χ1n) is 6.56. The van der Waals surface area contributed by atoms with E-state index < -0.39 is 5.91 Å². The number of amidine groups is 1. The Bertz CT molecular complexity index is 657. The highest BCUT2D eigenvalue weighted by molar-refractivity contribution is 6.68. The maximum atomic E-state index is 12.1. The number of amides is 3. The number of rotatable bonds is 4. The molecule has 22 heavy (non-hydrogen) atoms. The lowest BCUT2D eigenvalue weighted by Crippen LogP contribution is -2.54. The Hall–Kier alpha value is -2.94. The lowest BCUT2D eigenvalue weighted by atomic mass is 10.2. The molecule has 2 aliphatic heterocycles. The summed E-state index contributed by atoms with van der Waals surface area (Å²) in [6.45, 7) is 0.293. The van der Waals surface area contributed by atoms with Crippen molar-refractivity contribution in [2.75, 3.05) is 13.7 Å². The van der Waals surface area contributed by atoms with Crippen molar-refractivity contribution in [3.63, 3.8) is 0 Å². The molecule has 0 unspecified atom stereocenters. The average Bonchev–Trinajstić information content (AvgIpc) is 2.96. The number of hydrogen-bond acceptors (Lipinski definition) is 6. The van der Waals surface area contributed by atoms with E-state index >= 15 is 0 Å². The highest BCUT2D eigenvalue weighted by Crippen LogP contribution is 2.11. The van der Waals surface area contributed by atoms with Gasteiger partial charge in [-0.3, -0.25) is 19.5 Å². The quantitative estimate of drug-likeness (QED) is 0.754. The largest absolute Gasteiger partial charge is 0.346 e. The molecule has 3 rings (SSSR count). The molecule has 0 saturated heterocycles. The number of fused-ring (bicyclic) bond motifs is 1. The first-order chi connectivity index (χ1) is 10.7. The van der Waals surface area contributed by atoms with E-state index in [1.54, 1.807) is 0 Å². The molecule has 0 spiro atoms. The van der Waals surface area contributed by atoms with Gasteiger partial charge in [-0.25, -0.2) is 20.8 Å². The fraction of sp³-hybridized carbons (Fsp3) is 0.231. The van der Waals surface area contributed by atoms with Gasteiger partial charge in [0.15, 0.2) is 11.5 Å². The van der Waals surface area contributed by atoms with Crippen molar-refractivity contribution in [2.24, 2.45) is 10.1 Å². The molecule has 1 aromatic carbocycles. The van der Waals surface area contributed by atoms with Crippen LogP contribution >= 0.6 is 0 Å². The average molecular weight is 302 g/mol. The van der Waals surface area contributed by atoms with Gasteiger partial charge < -0.3 is 0 Å². The molecule has 0 aliphatic carbocycles. The molecule has 114 valence electrons. The molecule has 0 saturated carbocycles. The zero-order chi connectivity index (χ0) is 15.5. The number of aliphatic imine (C=N–C) groups is 1. The van der Waals surface area contributed by atoms with E-state index in [0.29, 0.717) is 0 Å². The molecule has 1 aromatic rings. The van der Waals surface area contributed by atoms with E-state index in [4.69, 9.17) is 4.84 Å². The van der Waals surface area contributed by atoms with Crippen LogP contribution in [-0.4, -0.2) is 47.1 Å². The lowest BCUT2D eigenvalue weighted by Gasteiger charge is -2.28. The predicted octanol–water partition coefficient (Wildman–Crippen LogP) is -0.168. The van der Waals surface area contributed by atoms with E-state index in [9.17, 15) is 9.59 Å². The number of hydroxylamine groups is 1. The van der Waals surface area contributed by atoms with Crippen LogP contribution in [0.4, 0.5) is 4.79 Å². The van der Waals surface area contributed by atoms with E-state index in [1.807, 2.05) is 30.3 Å². The summed E-state index contributed by atoms with van der Waals surface area (Å²) in [5, 5.41) is 5.14. The summed E-state index contributed by atoms with van der Waals surface area (Å²) in [5.41, 5.74) is 5.78. The Labute approximate surface area is 126 Å². The van der Waals surface area contributed by atoms with Crippen LogP contribution in [-0.2, 0) is 16.2 Å². The zero-order valence-electron chi connectivity index (χ0n) is 11.8. The molecule has 0 fully saturated rings. The molecule has 9 heteroatoms. The number of benzene rings is 1. The normalized spacial score (nSPS) is 16.7. The van der Waals surface area contributed by atoms with Crippen LogP contribution in [0.1, 0.15) is 5.56 Å². The lowest BCUT2D eigenvalue weighted by molar-refractivity contribution is -0.127. The Morgan fingerprint density at radius 1 is 1.41 bits per heavy atom. The van der Waals surface area contributed by atoms with Crippen molar-refractivity contribution >= 4 is 23.5 Å². The molecular weight excluding hydrogens is 288 g/mol. The molecule has 3 amide bonds. The number of nitrogens with zero attached hydrogens (tertiary/aromatic N) is 4. The number of carbonyl (C=O) groups is 2. The number of hydrazine groups is 1. The summed E-state index contributed by atoms with van der Waals surface area (Å²) in [5.74, 6) is -0.361. The van der Waals surface area contributed by atoms with Crippen LogP contribution in [0.2, 0.25) is 0 Å². The molecular formula is C13H14N6O3. The third kappa shape index (κ3) is 2.61. The summed E-state index contributed by atoms with van der Waals surface area (Å²) >= 11 is 0. The molecule has 2 aliphatic rings. The van der Waals surface area contributed by atoms with Gasteiger partial charge in [-0.15, -0.1) is 5.10 Å². The van der Waals surface area contributed by atoms with Crippen LogP contribution in [0.15, 0.2) is 40.4 Å². The first-order valence-corrected chi connectivity index (χ1v) is 6.56. The van der Waals surface area contributed by atoms with Gasteiger partial charge in [-0.05, 0) is 5.56 Å². The minimum atomic E-state index is -0.545. The van der Waals surface area contributed by atoms with E-state index in [0.717, 1.165) is 5.56 Å². The molecule has 0 atom stereocenters. The van der Waals surface area contributed by atoms with E-state index in [2.05, 4.69) is 21.1 Å². The summed E-state index contributed by atoms with van der Waals surface area (Å²) < 4.78 is 0. The van der Waals surface area contributed by atoms with Crippen LogP contribution in [0, 0.1) is 0 Å².